The Balaban J connectivity index is 2.48. The van der Waals surface area contributed by atoms with E-state index >= 15 is 0 Å². The van der Waals surface area contributed by atoms with E-state index in [1.165, 1.54) is 18.2 Å². The van der Waals surface area contributed by atoms with E-state index in [4.69, 9.17) is 5.11 Å². The Morgan fingerprint density at radius 1 is 1.39 bits per heavy atom. The minimum absolute atomic E-state index is 0.00171. The predicted octanol–water partition coefficient (Wildman–Crippen LogP) is 2.39. The molecule has 0 saturated carbocycles. The van der Waals surface area contributed by atoms with E-state index in [0.29, 0.717) is 18.5 Å². The maximum absolute atomic E-state index is 12.0. The number of alkyl halides is 2. The Labute approximate surface area is 104 Å². The lowest BCUT2D eigenvalue weighted by Gasteiger charge is -2.08. The van der Waals surface area contributed by atoms with Gasteiger partial charge in [-0.25, -0.2) is 0 Å². The highest BCUT2D eigenvalue weighted by atomic mass is 19.3. The molecule has 0 aliphatic heterocycles. The number of carbonyl (C=O) groups excluding carboxylic acids is 1. The van der Waals surface area contributed by atoms with Crippen molar-refractivity contribution in [2.24, 2.45) is 0 Å². The Morgan fingerprint density at radius 2 is 2.17 bits per heavy atom. The topological polar surface area (TPSA) is 58.6 Å². The lowest BCUT2D eigenvalue weighted by atomic mass is 10.2. The molecule has 1 amide bonds. The Morgan fingerprint density at radius 3 is 2.83 bits per heavy atom. The number of hydrogen-bond donors (Lipinski definition) is 2. The zero-order chi connectivity index (χ0) is 13.4. The third kappa shape index (κ3) is 5.58. The molecule has 1 aromatic rings. The van der Waals surface area contributed by atoms with Crippen LogP contribution in [0.3, 0.4) is 0 Å². The van der Waals surface area contributed by atoms with Gasteiger partial charge in [-0.3, -0.25) is 4.79 Å². The molecule has 1 aromatic carbocycles. The molecule has 18 heavy (non-hydrogen) atoms. The number of halogens is 2. The molecule has 2 N–H and O–H groups in total. The lowest BCUT2D eigenvalue weighted by molar-refractivity contribution is -0.116. The fourth-order valence-corrected chi connectivity index (χ4v) is 1.37. The highest BCUT2D eigenvalue weighted by molar-refractivity contribution is 5.90. The van der Waals surface area contributed by atoms with Gasteiger partial charge in [-0.1, -0.05) is 6.07 Å². The van der Waals surface area contributed by atoms with Crippen molar-refractivity contribution in [3.8, 4) is 5.75 Å². The second kappa shape index (κ2) is 7.60. The van der Waals surface area contributed by atoms with E-state index in [-0.39, 0.29) is 24.7 Å². The molecule has 0 fully saturated rings. The number of aliphatic hydroxyl groups is 1. The number of benzene rings is 1. The Bertz CT molecular complexity index is 385. The number of nitrogens with one attached hydrogen (secondary N) is 1. The van der Waals surface area contributed by atoms with Crippen molar-refractivity contribution < 1.29 is 23.4 Å². The molecular formula is C12H15F2NO3. The number of ether oxygens (including phenoxy) is 1. The van der Waals surface area contributed by atoms with Crippen LogP contribution in [-0.4, -0.2) is 24.2 Å². The Kier molecular flexibility index (Phi) is 6.07. The van der Waals surface area contributed by atoms with Crippen LogP contribution < -0.4 is 10.1 Å². The molecule has 0 spiro atoms. The largest absolute Gasteiger partial charge is 0.435 e. The van der Waals surface area contributed by atoms with Gasteiger partial charge >= 0.3 is 6.61 Å². The first kappa shape index (κ1) is 14.4. The Hall–Kier alpha value is -1.69. The van der Waals surface area contributed by atoms with Crippen LogP contribution in [0.25, 0.3) is 0 Å². The molecule has 0 radical (unpaired) electrons. The van der Waals surface area contributed by atoms with Crippen molar-refractivity contribution in [2.45, 2.75) is 25.9 Å². The van der Waals surface area contributed by atoms with E-state index in [1.807, 2.05) is 0 Å². The molecule has 0 saturated heterocycles. The smallest absolute Gasteiger partial charge is 0.387 e. The monoisotopic (exact) mass is 259 g/mol. The van der Waals surface area contributed by atoms with Crippen LogP contribution in [0, 0.1) is 0 Å². The summed E-state index contributed by atoms with van der Waals surface area (Å²) in [4.78, 5) is 11.4. The van der Waals surface area contributed by atoms with Gasteiger partial charge in [-0.2, -0.15) is 8.78 Å². The number of carbonyl (C=O) groups is 1. The first-order valence-corrected chi connectivity index (χ1v) is 5.57. The quantitative estimate of drug-likeness (QED) is 0.739. The summed E-state index contributed by atoms with van der Waals surface area (Å²) in [5.74, 6) is -0.226. The first-order chi connectivity index (χ1) is 8.61. The number of unbranched alkanes of at least 4 members (excludes halogenated alkanes) is 1. The third-order valence-corrected chi connectivity index (χ3v) is 2.15. The zero-order valence-corrected chi connectivity index (χ0v) is 9.73. The summed E-state index contributed by atoms with van der Waals surface area (Å²) in [5.41, 5.74) is 0.405. The standard InChI is InChI=1S/C12H15F2NO3/c13-12(14)18-10-5-3-4-9(8-10)15-11(17)6-1-2-7-16/h3-5,8,12,16H,1-2,6-7H2,(H,15,17). The number of amides is 1. The van der Waals surface area contributed by atoms with Crippen molar-refractivity contribution in [3.05, 3.63) is 24.3 Å². The van der Waals surface area contributed by atoms with Crippen LogP contribution in [0.15, 0.2) is 24.3 Å². The molecule has 1 rings (SSSR count). The third-order valence-electron chi connectivity index (χ3n) is 2.15. The van der Waals surface area contributed by atoms with Crippen LogP contribution >= 0.6 is 0 Å². The van der Waals surface area contributed by atoms with E-state index in [1.54, 1.807) is 6.07 Å². The molecule has 0 aliphatic carbocycles. The van der Waals surface area contributed by atoms with Gasteiger partial charge in [-0.05, 0) is 25.0 Å². The average Bonchev–Trinajstić information content (AvgIpc) is 2.28. The van der Waals surface area contributed by atoms with Crippen LogP contribution in [0.1, 0.15) is 19.3 Å². The molecule has 0 heterocycles. The van der Waals surface area contributed by atoms with Crippen molar-refractivity contribution in [1.82, 2.24) is 0 Å². The number of anilines is 1. The van der Waals surface area contributed by atoms with Gasteiger partial charge in [0.05, 0.1) is 0 Å². The number of aliphatic hydroxyl groups excluding tert-OH is 1. The zero-order valence-electron chi connectivity index (χ0n) is 9.73. The van der Waals surface area contributed by atoms with Crippen molar-refractivity contribution in [2.75, 3.05) is 11.9 Å². The van der Waals surface area contributed by atoms with Crippen molar-refractivity contribution >= 4 is 11.6 Å². The van der Waals surface area contributed by atoms with Crippen LogP contribution in [-0.2, 0) is 4.79 Å². The van der Waals surface area contributed by atoms with E-state index in [9.17, 15) is 13.6 Å². The van der Waals surface area contributed by atoms with Gasteiger partial charge in [0.25, 0.3) is 0 Å². The fourth-order valence-electron chi connectivity index (χ4n) is 1.37. The maximum Gasteiger partial charge on any atom is 0.387 e. The van der Waals surface area contributed by atoms with Crippen molar-refractivity contribution in [3.63, 3.8) is 0 Å². The first-order valence-electron chi connectivity index (χ1n) is 5.57. The molecule has 0 unspecified atom stereocenters. The molecule has 0 aliphatic rings. The van der Waals surface area contributed by atoms with E-state index in [2.05, 4.69) is 10.1 Å². The molecule has 0 bridgehead atoms. The van der Waals surface area contributed by atoms with Gasteiger partial charge in [0.15, 0.2) is 0 Å². The van der Waals surface area contributed by atoms with Crippen LogP contribution in [0.5, 0.6) is 5.75 Å². The maximum atomic E-state index is 12.0. The minimum Gasteiger partial charge on any atom is -0.435 e. The summed E-state index contributed by atoms with van der Waals surface area (Å²) in [5, 5.41) is 11.1. The molecule has 0 aromatic heterocycles. The number of rotatable bonds is 7. The highest BCUT2D eigenvalue weighted by Crippen LogP contribution is 2.19. The second-order valence-electron chi connectivity index (χ2n) is 3.64. The van der Waals surface area contributed by atoms with Gasteiger partial charge in [0, 0.05) is 24.8 Å². The van der Waals surface area contributed by atoms with Gasteiger partial charge in [0.1, 0.15) is 5.75 Å². The molecular weight excluding hydrogens is 244 g/mol. The number of hydrogen-bond acceptors (Lipinski definition) is 3. The van der Waals surface area contributed by atoms with Crippen molar-refractivity contribution in [1.29, 1.82) is 0 Å². The fraction of sp³-hybridized carbons (Fsp3) is 0.417. The van der Waals surface area contributed by atoms with Crippen LogP contribution in [0.2, 0.25) is 0 Å². The van der Waals surface area contributed by atoms with Crippen LogP contribution in [0.4, 0.5) is 14.5 Å². The van der Waals surface area contributed by atoms with E-state index in [0.717, 1.165) is 0 Å². The summed E-state index contributed by atoms with van der Waals surface area (Å²) in [7, 11) is 0. The summed E-state index contributed by atoms with van der Waals surface area (Å²) in [6.45, 7) is -2.84. The molecule has 6 heteroatoms. The average molecular weight is 259 g/mol. The summed E-state index contributed by atoms with van der Waals surface area (Å²) in [6.07, 6.45) is 1.41. The summed E-state index contributed by atoms with van der Waals surface area (Å²) < 4.78 is 28.2. The molecule has 4 nitrogen and oxygen atoms in total. The summed E-state index contributed by atoms with van der Waals surface area (Å²) in [6, 6.07) is 5.81. The van der Waals surface area contributed by atoms with Gasteiger partial charge in [0.2, 0.25) is 5.91 Å². The summed E-state index contributed by atoms with van der Waals surface area (Å²) >= 11 is 0. The second-order valence-corrected chi connectivity index (χ2v) is 3.64. The lowest BCUT2D eigenvalue weighted by Crippen LogP contribution is -2.11. The molecule has 0 atom stereocenters. The normalized spacial score (nSPS) is 10.4. The minimum atomic E-state index is -2.89. The highest BCUT2D eigenvalue weighted by Gasteiger charge is 2.06. The predicted molar refractivity (Wildman–Crippen MR) is 62.6 cm³/mol. The van der Waals surface area contributed by atoms with Gasteiger partial charge < -0.3 is 15.2 Å². The SMILES string of the molecule is O=C(CCCCO)Nc1cccc(OC(F)F)c1. The van der Waals surface area contributed by atoms with E-state index < -0.39 is 6.61 Å². The molecule has 100 valence electrons. The van der Waals surface area contributed by atoms with Gasteiger partial charge in [-0.15, -0.1) is 0 Å².